The molecule has 5 heteroatoms. The van der Waals surface area contributed by atoms with Gasteiger partial charge in [-0.15, -0.1) is 0 Å². The van der Waals surface area contributed by atoms with Crippen molar-refractivity contribution < 1.29 is 14.2 Å². The van der Waals surface area contributed by atoms with E-state index in [0.717, 1.165) is 29.0 Å². The number of ether oxygens (including phenoxy) is 3. The van der Waals surface area contributed by atoms with Crippen molar-refractivity contribution >= 4 is 11.0 Å². The van der Waals surface area contributed by atoms with Gasteiger partial charge in [0.05, 0.1) is 38.9 Å². The summed E-state index contributed by atoms with van der Waals surface area (Å²) >= 11 is 0. The second-order valence-corrected chi connectivity index (χ2v) is 8.16. The number of methoxy groups -OCH3 is 3. The molecule has 5 nitrogen and oxygen atoms in total. The number of aryl methyl sites for hydroxylation is 2. The quantitative estimate of drug-likeness (QED) is 0.376. The first-order valence-corrected chi connectivity index (χ1v) is 10.7. The first-order chi connectivity index (χ1) is 15.4. The van der Waals surface area contributed by atoms with Crippen LogP contribution in [0.3, 0.4) is 0 Å². The molecule has 4 aromatic rings. The average Bonchev–Trinajstić information content (AvgIpc) is 3.17. The van der Waals surface area contributed by atoms with Crippen molar-refractivity contribution in [3.05, 3.63) is 70.3 Å². The zero-order valence-electron chi connectivity index (χ0n) is 19.9. The van der Waals surface area contributed by atoms with Crippen molar-refractivity contribution in [2.75, 3.05) is 21.3 Å². The van der Waals surface area contributed by atoms with Crippen molar-refractivity contribution in [3.63, 3.8) is 0 Å². The van der Waals surface area contributed by atoms with E-state index in [9.17, 15) is 0 Å². The SMILES string of the molecule is COc1cc(-c2nc3ccccc3n2Cc2c(C)c(C)cc(C)c2C)cc(OC)c1OC. The third-order valence-corrected chi connectivity index (χ3v) is 6.42. The van der Waals surface area contributed by atoms with E-state index < -0.39 is 0 Å². The molecule has 1 heterocycles. The first-order valence-electron chi connectivity index (χ1n) is 10.7. The molecule has 4 rings (SSSR count). The Kier molecular flexibility index (Phi) is 5.83. The van der Waals surface area contributed by atoms with Crippen molar-refractivity contribution in [3.8, 4) is 28.6 Å². The van der Waals surface area contributed by atoms with Crippen LogP contribution in [0.4, 0.5) is 0 Å². The summed E-state index contributed by atoms with van der Waals surface area (Å²) in [6.07, 6.45) is 0. The minimum absolute atomic E-state index is 0.572. The summed E-state index contributed by atoms with van der Waals surface area (Å²) in [7, 11) is 4.87. The third-order valence-electron chi connectivity index (χ3n) is 6.42. The zero-order valence-corrected chi connectivity index (χ0v) is 19.9. The van der Waals surface area contributed by atoms with Crippen LogP contribution in [-0.2, 0) is 6.54 Å². The van der Waals surface area contributed by atoms with Crippen LogP contribution in [0.25, 0.3) is 22.4 Å². The molecule has 0 aliphatic carbocycles. The number of hydrogen-bond donors (Lipinski definition) is 0. The van der Waals surface area contributed by atoms with E-state index in [1.807, 2.05) is 18.2 Å². The van der Waals surface area contributed by atoms with Crippen LogP contribution in [-0.4, -0.2) is 30.9 Å². The molecule has 0 fully saturated rings. The fraction of sp³-hybridized carbons (Fsp3) is 0.296. The molecule has 0 N–H and O–H groups in total. The van der Waals surface area contributed by atoms with Crippen molar-refractivity contribution in [1.29, 1.82) is 0 Å². The number of nitrogens with zero attached hydrogens (tertiary/aromatic N) is 2. The van der Waals surface area contributed by atoms with E-state index in [1.165, 1.54) is 27.8 Å². The molecule has 1 aromatic heterocycles. The minimum Gasteiger partial charge on any atom is -0.493 e. The highest BCUT2D eigenvalue weighted by Crippen LogP contribution is 2.41. The molecule has 3 aromatic carbocycles. The molecule has 0 bridgehead atoms. The molecule has 0 atom stereocenters. The lowest BCUT2D eigenvalue weighted by atomic mass is 9.94. The summed E-state index contributed by atoms with van der Waals surface area (Å²) in [5, 5.41) is 0. The zero-order chi connectivity index (χ0) is 23.0. The van der Waals surface area contributed by atoms with Crippen LogP contribution in [0.5, 0.6) is 17.2 Å². The molecule has 0 spiro atoms. The predicted molar refractivity (Wildman–Crippen MR) is 129 cm³/mol. The van der Waals surface area contributed by atoms with Crippen LogP contribution in [0.1, 0.15) is 27.8 Å². The van der Waals surface area contributed by atoms with Gasteiger partial charge in [-0.1, -0.05) is 18.2 Å². The molecular formula is C27H30N2O3. The second-order valence-electron chi connectivity index (χ2n) is 8.16. The Morgan fingerprint density at radius 2 is 1.38 bits per heavy atom. The van der Waals surface area contributed by atoms with Crippen molar-refractivity contribution in [1.82, 2.24) is 9.55 Å². The molecule has 166 valence electrons. The summed E-state index contributed by atoms with van der Waals surface area (Å²) in [5.74, 6) is 2.66. The van der Waals surface area contributed by atoms with Crippen LogP contribution in [0.2, 0.25) is 0 Å². The topological polar surface area (TPSA) is 45.5 Å². The lowest BCUT2D eigenvalue weighted by molar-refractivity contribution is 0.324. The molecule has 0 saturated heterocycles. The number of imidazole rings is 1. The molecule has 0 aliphatic heterocycles. The highest BCUT2D eigenvalue weighted by Gasteiger charge is 2.20. The number of aromatic nitrogens is 2. The summed E-state index contributed by atoms with van der Waals surface area (Å²) in [4.78, 5) is 5.00. The van der Waals surface area contributed by atoms with Gasteiger partial charge in [0, 0.05) is 5.56 Å². The Balaban J connectivity index is 1.98. The van der Waals surface area contributed by atoms with E-state index in [4.69, 9.17) is 19.2 Å². The number of rotatable bonds is 6. The normalized spacial score (nSPS) is 11.1. The Morgan fingerprint density at radius 3 is 1.94 bits per heavy atom. The summed E-state index contributed by atoms with van der Waals surface area (Å²) in [6.45, 7) is 9.49. The predicted octanol–water partition coefficient (Wildman–Crippen LogP) is 6.01. The second kappa shape index (κ2) is 8.58. The van der Waals surface area contributed by atoms with Gasteiger partial charge in [-0.2, -0.15) is 0 Å². The third kappa shape index (κ3) is 3.58. The summed E-state index contributed by atoms with van der Waals surface area (Å²) in [6, 6.07) is 14.4. The van der Waals surface area contributed by atoms with Gasteiger partial charge in [0.1, 0.15) is 5.82 Å². The van der Waals surface area contributed by atoms with E-state index in [0.29, 0.717) is 17.2 Å². The Hall–Kier alpha value is -3.47. The van der Waals surface area contributed by atoms with Crippen LogP contribution in [0.15, 0.2) is 42.5 Å². The van der Waals surface area contributed by atoms with E-state index in [2.05, 4.69) is 56.5 Å². The minimum atomic E-state index is 0.572. The highest BCUT2D eigenvalue weighted by molar-refractivity contribution is 5.82. The van der Waals surface area contributed by atoms with E-state index in [1.54, 1.807) is 21.3 Å². The molecule has 0 unspecified atom stereocenters. The molecule has 32 heavy (non-hydrogen) atoms. The molecular weight excluding hydrogens is 400 g/mol. The standard InChI is InChI=1S/C27H30N2O3/c1-16-12-17(2)19(4)21(18(16)3)15-29-23-11-9-8-10-22(23)28-27(29)20-13-24(30-5)26(32-7)25(14-20)31-6/h8-14H,15H2,1-7H3. The van der Waals surface area contributed by atoms with Gasteiger partial charge in [0.25, 0.3) is 0 Å². The summed E-state index contributed by atoms with van der Waals surface area (Å²) in [5.41, 5.74) is 9.55. The summed E-state index contributed by atoms with van der Waals surface area (Å²) < 4.78 is 19.0. The molecule has 0 aliphatic rings. The monoisotopic (exact) mass is 430 g/mol. The number of para-hydroxylation sites is 2. The van der Waals surface area contributed by atoms with Gasteiger partial charge in [-0.05, 0) is 79.8 Å². The number of benzene rings is 3. The first kappa shape index (κ1) is 21.8. The van der Waals surface area contributed by atoms with Gasteiger partial charge in [0.2, 0.25) is 5.75 Å². The smallest absolute Gasteiger partial charge is 0.203 e. The van der Waals surface area contributed by atoms with E-state index in [-0.39, 0.29) is 0 Å². The fourth-order valence-corrected chi connectivity index (χ4v) is 4.36. The Bertz CT molecular complexity index is 1250. The maximum atomic E-state index is 5.60. The number of hydrogen-bond acceptors (Lipinski definition) is 4. The molecule has 0 radical (unpaired) electrons. The fourth-order valence-electron chi connectivity index (χ4n) is 4.36. The number of fused-ring (bicyclic) bond motifs is 1. The van der Waals surface area contributed by atoms with Crippen LogP contribution >= 0.6 is 0 Å². The maximum absolute atomic E-state index is 5.60. The van der Waals surface area contributed by atoms with Crippen LogP contribution < -0.4 is 14.2 Å². The van der Waals surface area contributed by atoms with Gasteiger partial charge >= 0.3 is 0 Å². The van der Waals surface area contributed by atoms with Crippen molar-refractivity contribution in [2.45, 2.75) is 34.2 Å². The van der Waals surface area contributed by atoms with Crippen LogP contribution in [0, 0.1) is 27.7 Å². The van der Waals surface area contributed by atoms with Gasteiger partial charge in [-0.3, -0.25) is 0 Å². The Labute approximate surface area is 189 Å². The van der Waals surface area contributed by atoms with Gasteiger partial charge < -0.3 is 18.8 Å². The van der Waals surface area contributed by atoms with Crippen molar-refractivity contribution in [2.24, 2.45) is 0 Å². The van der Waals surface area contributed by atoms with Gasteiger partial charge in [0.15, 0.2) is 11.5 Å². The largest absolute Gasteiger partial charge is 0.493 e. The lowest BCUT2D eigenvalue weighted by Crippen LogP contribution is -2.08. The lowest BCUT2D eigenvalue weighted by Gasteiger charge is -2.19. The molecule has 0 amide bonds. The Morgan fingerprint density at radius 1 is 0.781 bits per heavy atom. The molecule has 0 saturated carbocycles. The highest BCUT2D eigenvalue weighted by atomic mass is 16.5. The maximum Gasteiger partial charge on any atom is 0.203 e. The average molecular weight is 431 g/mol. The van der Waals surface area contributed by atoms with Gasteiger partial charge in [-0.25, -0.2) is 4.98 Å². The van der Waals surface area contributed by atoms with E-state index >= 15 is 0 Å².